The monoisotopic (exact) mass is 479 g/mol. The summed E-state index contributed by atoms with van der Waals surface area (Å²) in [5.74, 6) is -0.380. The molecule has 2 amide bonds. The number of para-hydroxylation sites is 1. The number of hydrogen-bond acceptors (Lipinski definition) is 5. The van der Waals surface area contributed by atoms with Crippen LogP contribution in [-0.4, -0.2) is 23.6 Å². The van der Waals surface area contributed by atoms with E-state index < -0.39 is 12.1 Å². The van der Waals surface area contributed by atoms with Gasteiger partial charge in [0.25, 0.3) is 0 Å². The number of nitrogens with one attached hydrogen (secondary N) is 2. The quantitative estimate of drug-likeness (QED) is 0.299. The molecule has 6 nitrogen and oxygen atoms in total. The van der Waals surface area contributed by atoms with Gasteiger partial charge in [-0.1, -0.05) is 54.1 Å². The third-order valence-electron chi connectivity index (χ3n) is 4.93. The number of benzene rings is 3. The van der Waals surface area contributed by atoms with E-state index in [0.29, 0.717) is 10.7 Å². The van der Waals surface area contributed by atoms with Gasteiger partial charge in [0.15, 0.2) is 0 Å². The van der Waals surface area contributed by atoms with Crippen molar-refractivity contribution < 1.29 is 14.3 Å². The lowest BCUT2D eigenvalue weighted by molar-refractivity contribution is -0.143. The number of hydrogen-bond donors (Lipinski definition) is 2. The molecule has 168 valence electrons. The topological polar surface area (TPSA) is 80.3 Å². The molecule has 1 aromatic heterocycles. The Balaban J connectivity index is 1.47. The maximum atomic E-state index is 12.7. The molecule has 0 saturated carbocycles. The van der Waals surface area contributed by atoms with Crippen LogP contribution in [0.15, 0.2) is 72.8 Å². The summed E-state index contributed by atoms with van der Waals surface area (Å²) in [5, 5.41) is 6.94. The number of carbonyl (C=O) groups is 2. The zero-order chi connectivity index (χ0) is 23.2. The molecule has 0 aliphatic carbocycles. The first-order chi connectivity index (χ1) is 16.0. The Bertz CT molecular complexity index is 1240. The first-order valence-electron chi connectivity index (χ1n) is 10.5. The Hall–Kier alpha value is -3.42. The molecule has 33 heavy (non-hydrogen) atoms. The van der Waals surface area contributed by atoms with Crippen LogP contribution in [-0.2, 0) is 9.53 Å². The lowest BCUT2D eigenvalue weighted by Gasteiger charge is -2.19. The fourth-order valence-corrected chi connectivity index (χ4v) is 4.73. The summed E-state index contributed by atoms with van der Waals surface area (Å²) in [6, 6.07) is 21.5. The third kappa shape index (κ3) is 5.69. The Labute approximate surface area is 200 Å². The van der Waals surface area contributed by atoms with Crippen molar-refractivity contribution in [1.29, 1.82) is 0 Å². The minimum Gasteiger partial charge on any atom is -0.466 e. The molecule has 0 unspecified atom stereocenters. The summed E-state index contributed by atoms with van der Waals surface area (Å²) in [6.07, 6.45) is 0.0303. The number of urea groups is 1. The minimum absolute atomic E-state index is 0.0303. The van der Waals surface area contributed by atoms with Crippen LogP contribution in [0, 0.1) is 0 Å². The molecular formula is C25H22ClN3O3S. The largest absolute Gasteiger partial charge is 0.466 e. The Kier molecular flexibility index (Phi) is 7.22. The second-order valence-corrected chi connectivity index (χ2v) is 8.69. The number of ether oxygens (including phenoxy) is 1. The standard InChI is InChI=1S/C25H22ClN3O3S/c1-2-32-23(30)15-21(16-8-4-3-5-9-16)29-25(31)27-17-12-13-18(19(26)14-17)24-28-20-10-6-7-11-22(20)33-24/h3-14,21H,2,15H2,1H3,(H2,27,29,31)/t21-/m0/s1. The van der Waals surface area contributed by atoms with Gasteiger partial charge in [-0.15, -0.1) is 11.3 Å². The van der Waals surface area contributed by atoms with E-state index in [2.05, 4.69) is 15.6 Å². The number of esters is 1. The lowest BCUT2D eigenvalue weighted by Crippen LogP contribution is -2.34. The van der Waals surface area contributed by atoms with Crippen molar-refractivity contribution in [3.8, 4) is 10.6 Å². The molecule has 0 aliphatic rings. The summed E-state index contributed by atoms with van der Waals surface area (Å²) in [4.78, 5) is 29.4. The van der Waals surface area contributed by atoms with Crippen LogP contribution in [0.2, 0.25) is 5.02 Å². The molecule has 0 saturated heterocycles. The van der Waals surface area contributed by atoms with Gasteiger partial charge in [-0.25, -0.2) is 9.78 Å². The van der Waals surface area contributed by atoms with Gasteiger partial charge >= 0.3 is 12.0 Å². The van der Waals surface area contributed by atoms with E-state index in [4.69, 9.17) is 16.3 Å². The first-order valence-corrected chi connectivity index (χ1v) is 11.7. The number of thiazole rings is 1. The van der Waals surface area contributed by atoms with E-state index in [1.54, 1.807) is 30.4 Å². The molecule has 3 aromatic carbocycles. The Morgan fingerprint density at radius 1 is 1.06 bits per heavy atom. The number of nitrogens with zero attached hydrogens (tertiary/aromatic N) is 1. The minimum atomic E-state index is -0.525. The summed E-state index contributed by atoms with van der Waals surface area (Å²) < 4.78 is 6.14. The van der Waals surface area contributed by atoms with Crippen LogP contribution in [0.1, 0.15) is 24.9 Å². The fraction of sp³-hybridized carbons (Fsp3) is 0.160. The molecule has 1 atom stereocenters. The van der Waals surface area contributed by atoms with E-state index in [1.165, 1.54) is 0 Å². The molecule has 0 bridgehead atoms. The molecule has 0 aliphatic heterocycles. The van der Waals surface area contributed by atoms with Crippen molar-refractivity contribution in [1.82, 2.24) is 10.3 Å². The molecule has 2 N–H and O–H groups in total. The Morgan fingerprint density at radius 3 is 2.55 bits per heavy atom. The van der Waals surface area contributed by atoms with Crippen molar-refractivity contribution >= 4 is 50.8 Å². The molecule has 4 rings (SSSR count). The normalized spacial score (nSPS) is 11.7. The van der Waals surface area contributed by atoms with Crippen LogP contribution in [0.5, 0.6) is 0 Å². The van der Waals surface area contributed by atoms with E-state index in [-0.39, 0.29) is 19.0 Å². The molecule has 0 fully saturated rings. The zero-order valence-corrected chi connectivity index (χ0v) is 19.5. The second-order valence-electron chi connectivity index (χ2n) is 7.25. The van der Waals surface area contributed by atoms with Crippen LogP contribution in [0.25, 0.3) is 20.8 Å². The van der Waals surface area contributed by atoms with Crippen molar-refractivity contribution in [2.45, 2.75) is 19.4 Å². The zero-order valence-electron chi connectivity index (χ0n) is 17.9. The van der Waals surface area contributed by atoms with Crippen molar-refractivity contribution in [2.24, 2.45) is 0 Å². The molecule has 0 radical (unpaired) electrons. The summed E-state index contributed by atoms with van der Waals surface area (Å²) in [7, 11) is 0. The fourth-order valence-electron chi connectivity index (χ4n) is 3.40. The van der Waals surface area contributed by atoms with Gasteiger partial charge in [-0.05, 0) is 42.8 Å². The van der Waals surface area contributed by atoms with E-state index in [9.17, 15) is 9.59 Å². The second kappa shape index (κ2) is 10.5. The maximum Gasteiger partial charge on any atom is 0.319 e. The summed E-state index contributed by atoms with van der Waals surface area (Å²) in [5.41, 5.74) is 3.06. The molecule has 1 heterocycles. The SMILES string of the molecule is CCOC(=O)C[C@H](NC(=O)Nc1ccc(-c2nc3ccccc3s2)c(Cl)c1)c1ccccc1. The number of anilines is 1. The molecule has 4 aromatic rings. The van der Waals surface area contributed by atoms with Crippen LogP contribution in [0.4, 0.5) is 10.5 Å². The highest BCUT2D eigenvalue weighted by Crippen LogP contribution is 2.35. The van der Waals surface area contributed by atoms with Gasteiger partial charge in [0, 0.05) is 11.3 Å². The number of halogens is 1. The van der Waals surface area contributed by atoms with E-state index in [0.717, 1.165) is 26.4 Å². The predicted molar refractivity (Wildman–Crippen MR) is 133 cm³/mol. The molecular weight excluding hydrogens is 458 g/mol. The molecule has 8 heteroatoms. The first kappa shape index (κ1) is 22.8. The van der Waals surface area contributed by atoms with Gasteiger partial charge in [-0.2, -0.15) is 0 Å². The highest BCUT2D eigenvalue weighted by Gasteiger charge is 2.19. The highest BCUT2D eigenvalue weighted by atomic mass is 35.5. The number of fused-ring (bicyclic) bond motifs is 1. The maximum absolute atomic E-state index is 12.7. The van der Waals surface area contributed by atoms with Gasteiger partial charge in [-0.3, -0.25) is 4.79 Å². The van der Waals surface area contributed by atoms with Crippen molar-refractivity contribution in [3.05, 3.63) is 83.4 Å². The molecule has 0 spiro atoms. The lowest BCUT2D eigenvalue weighted by atomic mass is 10.0. The van der Waals surface area contributed by atoms with Crippen molar-refractivity contribution in [3.63, 3.8) is 0 Å². The number of amides is 2. The van der Waals surface area contributed by atoms with Crippen LogP contribution >= 0.6 is 22.9 Å². The van der Waals surface area contributed by atoms with Gasteiger partial charge in [0.1, 0.15) is 5.01 Å². The number of rotatable bonds is 7. The number of carbonyl (C=O) groups excluding carboxylic acids is 2. The predicted octanol–water partition coefficient (Wildman–Crippen LogP) is 6.43. The Morgan fingerprint density at radius 2 is 1.82 bits per heavy atom. The average molecular weight is 480 g/mol. The van der Waals surface area contributed by atoms with Gasteiger partial charge in [0.2, 0.25) is 0 Å². The van der Waals surface area contributed by atoms with E-state index >= 15 is 0 Å². The van der Waals surface area contributed by atoms with E-state index in [1.807, 2.05) is 60.7 Å². The van der Waals surface area contributed by atoms with Crippen molar-refractivity contribution in [2.75, 3.05) is 11.9 Å². The van der Waals surface area contributed by atoms with Gasteiger partial charge < -0.3 is 15.4 Å². The van der Waals surface area contributed by atoms with Crippen LogP contribution < -0.4 is 10.6 Å². The smallest absolute Gasteiger partial charge is 0.319 e. The average Bonchev–Trinajstić information content (AvgIpc) is 3.23. The summed E-state index contributed by atoms with van der Waals surface area (Å²) in [6.45, 7) is 2.03. The highest BCUT2D eigenvalue weighted by molar-refractivity contribution is 7.21. The number of aromatic nitrogens is 1. The van der Waals surface area contributed by atoms with Gasteiger partial charge in [0.05, 0.1) is 34.3 Å². The third-order valence-corrected chi connectivity index (χ3v) is 6.32. The summed E-state index contributed by atoms with van der Waals surface area (Å²) >= 11 is 8.07. The van der Waals surface area contributed by atoms with Crippen LogP contribution in [0.3, 0.4) is 0 Å².